The third-order valence-corrected chi connectivity index (χ3v) is 9.84. The lowest BCUT2D eigenvalue weighted by molar-refractivity contribution is -0.153. The predicted molar refractivity (Wildman–Crippen MR) is 181 cm³/mol. The molecule has 17 heteroatoms. The smallest absolute Gasteiger partial charge is 0.335 e. The van der Waals surface area contributed by atoms with Gasteiger partial charge in [-0.2, -0.15) is 23.7 Å². The van der Waals surface area contributed by atoms with Crippen LogP contribution in [0.3, 0.4) is 0 Å². The van der Waals surface area contributed by atoms with Gasteiger partial charge in [-0.25, -0.2) is 18.8 Å². The molecule has 1 saturated carbocycles. The van der Waals surface area contributed by atoms with Crippen molar-refractivity contribution < 1.29 is 36.4 Å². The molecule has 2 atom stereocenters. The van der Waals surface area contributed by atoms with Crippen molar-refractivity contribution in [2.24, 2.45) is 21.6 Å². The van der Waals surface area contributed by atoms with Crippen molar-refractivity contribution in [1.82, 2.24) is 29.7 Å². The van der Waals surface area contributed by atoms with Crippen LogP contribution in [0.5, 0.6) is 0 Å². The number of hydrogen-bond donors (Lipinski definition) is 1. The van der Waals surface area contributed by atoms with Crippen molar-refractivity contribution in [3.8, 4) is 22.5 Å². The summed E-state index contributed by atoms with van der Waals surface area (Å²) in [5, 5.41) is 7.18. The number of carbonyl (C=O) groups excluding carboxylic acids is 2. The first-order valence-electron chi connectivity index (χ1n) is 16.4. The summed E-state index contributed by atoms with van der Waals surface area (Å²) in [6.45, 7) is 2.91. The van der Waals surface area contributed by atoms with E-state index in [-0.39, 0.29) is 52.1 Å². The molecule has 52 heavy (non-hydrogen) atoms. The van der Waals surface area contributed by atoms with Gasteiger partial charge in [-0.1, -0.05) is 67.2 Å². The van der Waals surface area contributed by atoms with Gasteiger partial charge < -0.3 is 10.5 Å². The molecule has 3 heterocycles. The predicted octanol–water partition coefficient (Wildman–Crippen LogP) is 7.49. The fourth-order valence-electron chi connectivity index (χ4n) is 6.71. The average Bonchev–Trinajstić information content (AvgIpc) is 3.36. The Morgan fingerprint density at radius 2 is 1.75 bits per heavy atom. The van der Waals surface area contributed by atoms with Crippen molar-refractivity contribution in [1.29, 1.82) is 0 Å². The number of benzene rings is 2. The molecule has 0 spiro atoms. The number of nitrogens with zero attached hydrogens (tertiary/aromatic N) is 7. The Bertz CT molecular complexity index is 2020. The van der Waals surface area contributed by atoms with Gasteiger partial charge >= 0.3 is 12.5 Å². The zero-order chi connectivity index (χ0) is 37.8. The normalized spacial score (nSPS) is 19.2. The van der Waals surface area contributed by atoms with Crippen LogP contribution in [0, 0.1) is 10.8 Å². The van der Waals surface area contributed by atoms with E-state index < -0.39 is 59.8 Å². The van der Waals surface area contributed by atoms with E-state index >= 15 is 0 Å². The second-order valence-corrected chi connectivity index (χ2v) is 14.9. The van der Waals surface area contributed by atoms with Crippen LogP contribution in [0.25, 0.3) is 22.5 Å². The van der Waals surface area contributed by atoms with Crippen molar-refractivity contribution in [2.45, 2.75) is 77.4 Å². The number of alkyl halides is 4. The van der Waals surface area contributed by atoms with Crippen molar-refractivity contribution in [3.63, 3.8) is 0 Å². The Hall–Kier alpha value is -4.86. The topological polar surface area (TPSA) is 134 Å². The van der Waals surface area contributed by atoms with Crippen molar-refractivity contribution >= 4 is 29.4 Å². The molecular formula is C35H36ClF5N8O3. The van der Waals surface area contributed by atoms with Crippen LogP contribution < -0.4 is 5.73 Å². The van der Waals surface area contributed by atoms with Gasteiger partial charge in [0, 0.05) is 16.5 Å². The monoisotopic (exact) mass is 746 g/mol. The minimum Gasteiger partial charge on any atom is -0.463 e. The number of guanidine groups is 1. The zero-order valence-electron chi connectivity index (χ0n) is 28.7. The summed E-state index contributed by atoms with van der Waals surface area (Å²) in [5.74, 6) is -5.12. The molecule has 0 radical (unpaired) electrons. The minimum absolute atomic E-state index is 0.0325. The van der Waals surface area contributed by atoms with Gasteiger partial charge in [-0.05, 0) is 60.4 Å². The van der Waals surface area contributed by atoms with E-state index in [0.717, 1.165) is 18.2 Å². The fourth-order valence-corrected chi connectivity index (χ4v) is 6.91. The zero-order valence-corrected chi connectivity index (χ0v) is 29.4. The maximum atomic E-state index is 14.9. The molecule has 11 nitrogen and oxygen atoms in total. The van der Waals surface area contributed by atoms with Crippen molar-refractivity contribution in [3.05, 3.63) is 77.3 Å². The first-order valence-corrected chi connectivity index (χ1v) is 16.7. The van der Waals surface area contributed by atoms with Crippen LogP contribution in [-0.4, -0.2) is 60.0 Å². The molecule has 276 valence electrons. The van der Waals surface area contributed by atoms with Crippen LogP contribution >= 0.6 is 11.6 Å². The van der Waals surface area contributed by atoms with E-state index in [9.17, 15) is 31.6 Å². The largest absolute Gasteiger partial charge is 0.463 e. The lowest BCUT2D eigenvalue weighted by Gasteiger charge is -2.35. The summed E-state index contributed by atoms with van der Waals surface area (Å²) in [7, 11) is 0. The maximum absolute atomic E-state index is 14.9. The maximum Gasteiger partial charge on any atom is 0.335 e. The average molecular weight is 747 g/mol. The van der Waals surface area contributed by atoms with Gasteiger partial charge in [0.25, 0.3) is 11.8 Å². The van der Waals surface area contributed by atoms with Crippen molar-refractivity contribution in [2.75, 3.05) is 6.61 Å². The molecule has 1 aliphatic heterocycles. The number of esters is 1. The Morgan fingerprint density at radius 3 is 2.33 bits per heavy atom. The van der Waals surface area contributed by atoms with E-state index in [0.29, 0.717) is 21.4 Å². The Kier molecular flexibility index (Phi) is 9.43. The van der Waals surface area contributed by atoms with Crippen LogP contribution in [0.1, 0.15) is 77.1 Å². The first-order chi connectivity index (χ1) is 24.3. The number of aromatic nitrogens is 5. The van der Waals surface area contributed by atoms with E-state index in [1.54, 1.807) is 24.3 Å². The fraction of sp³-hybridized carbons (Fsp3) is 0.429. The van der Waals surface area contributed by atoms with Gasteiger partial charge in [0.1, 0.15) is 12.9 Å². The number of halogens is 6. The number of amides is 1. The molecule has 0 bridgehead atoms. The quantitative estimate of drug-likeness (QED) is 0.117. The number of hydrogen-bond acceptors (Lipinski definition) is 8. The molecule has 0 saturated heterocycles. The van der Waals surface area contributed by atoms with E-state index in [4.69, 9.17) is 27.1 Å². The third kappa shape index (κ3) is 6.99. The molecule has 2 aliphatic rings. The summed E-state index contributed by atoms with van der Waals surface area (Å²) in [4.78, 5) is 38.0. The van der Waals surface area contributed by atoms with E-state index in [1.165, 1.54) is 30.6 Å². The first kappa shape index (κ1) is 36.9. The number of rotatable bonds is 12. The van der Waals surface area contributed by atoms with Gasteiger partial charge in [-0.3, -0.25) is 14.5 Å². The number of nitrogens with two attached hydrogens (primary N) is 1. The molecule has 1 fully saturated rings. The highest BCUT2D eigenvalue weighted by Gasteiger charge is 2.60. The highest BCUT2D eigenvalue weighted by Crippen LogP contribution is 2.59. The molecule has 6 rings (SSSR count). The Labute approximate surface area is 300 Å². The molecule has 0 unspecified atom stereocenters. The van der Waals surface area contributed by atoms with Gasteiger partial charge in [0.2, 0.25) is 0 Å². The standard InChI is InChI=1S/C35H36ClF5N8O3/c1-32(2,3)18-35(23-8-5-20(6-9-23)22-15-44-47(41)16-22)29(51)48(31(42)46-35)26(17-52-27(50)14-34(11-12-34)33(4,39)40)21-7-10-25(36)24(13-21)28-43-19-45-49(28)30(37)38/h5-10,13,15-16,19,26,30H,11-12,14,17-18H2,1-4H3,(H2,42,46)/t26-,35-/m1/s1. The summed E-state index contributed by atoms with van der Waals surface area (Å²) < 4.78 is 75.9. The van der Waals surface area contributed by atoms with Gasteiger partial charge in [0.15, 0.2) is 17.3 Å². The van der Waals surface area contributed by atoms with Crippen LogP contribution in [0.4, 0.5) is 22.0 Å². The third-order valence-electron chi connectivity index (χ3n) is 9.51. The summed E-state index contributed by atoms with van der Waals surface area (Å²) in [5.41, 5.74) is 4.84. The summed E-state index contributed by atoms with van der Waals surface area (Å²) >= 11 is 6.45. The van der Waals surface area contributed by atoms with Gasteiger partial charge in [0.05, 0.1) is 29.9 Å². The molecule has 2 aromatic heterocycles. The highest BCUT2D eigenvalue weighted by atomic mass is 35.5. The molecule has 2 N–H and O–H groups in total. The molecule has 1 aliphatic carbocycles. The summed E-state index contributed by atoms with van der Waals surface area (Å²) in [6, 6.07) is 9.84. The van der Waals surface area contributed by atoms with Gasteiger partial charge in [-0.15, -0.1) is 4.90 Å². The SMILES string of the molecule is CC(C)(C)C[C@]1(c2ccc(-c3cnn(F)c3)cc2)N=C(N)N([C@H](COC(=O)CC2(C(C)(F)F)CC2)c2ccc(Cl)c(-c3ncnn3C(F)F)c2)C1=O. The minimum atomic E-state index is -3.12. The van der Waals surface area contributed by atoms with Crippen LogP contribution in [-0.2, 0) is 19.9 Å². The number of aliphatic imine (C=N–C) groups is 1. The van der Waals surface area contributed by atoms with E-state index in [1.807, 2.05) is 20.8 Å². The molecular weight excluding hydrogens is 711 g/mol. The van der Waals surface area contributed by atoms with E-state index in [2.05, 4.69) is 15.2 Å². The number of carbonyl (C=O) groups is 2. The molecule has 2 aromatic carbocycles. The second kappa shape index (κ2) is 13.3. The van der Waals surface area contributed by atoms with Crippen LogP contribution in [0.2, 0.25) is 5.02 Å². The Balaban J connectivity index is 1.41. The Morgan fingerprint density at radius 1 is 1.06 bits per heavy atom. The lowest BCUT2D eigenvalue weighted by Crippen LogP contribution is -2.47. The highest BCUT2D eigenvalue weighted by molar-refractivity contribution is 6.33. The second-order valence-electron chi connectivity index (χ2n) is 14.5. The molecule has 4 aromatic rings. The van der Waals surface area contributed by atoms with Crippen LogP contribution in [0.15, 0.2) is 66.2 Å². The lowest BCUT2D eigenvalue weighted by atomic mass is 9.75. The molecule has 1 amide bonds. The summed E-state index contributed by atoms with van der Waals surface area (Å²) in [6.07, 6.45) is 3.39. The number of ether oxygens (including phenoxy) is 1.